The number of nitrogens with one attached hydrogen (secondary N) is 1. The van der Waals surface area contributed by atoms with Gasteiger partial charge >= 0.3 is 0 Å². The summed E-state index contributed by atoms with van der Waals surface area (Å²) in [5.41, 5.74) is 7.50. The minimum Gasteiger partial charge on any atom is -0.383 e. The molecule has 1 aliphatic carbocycles. The Bertz CT molecular complexity index is 1080. The zero-order valence-electron chi connectivity index (χ0n) is 13.5. The molecule has 1 saturated carbocycles. The first-order valence-electron chi connectivity index (χ1n) is 7.92. The summed E-state index contributed by atoms with van der Waals surface area (Å²) in [6.45, 7) is 0. The van der Waals surface area contributed by atoms with Crippen molar-refractivity contribution in [2.45, 2.75) is 12.6 Å². The van der Waals surface area contributed by atoms with Crippen molar-refractivity contribution in [3.63, 3.8) is 0 Å². The van der Waals surface area contributed by atoms with E-state index in [4.69, 9.17) is 5.73 Å². The fourth-order valence-electron chi connectivity index (χ4n) is 2.73. The number of aromatic nitrogens is 3. The maximum Gasteiger partial charge on any atom is 0.231 e. The van der Waals surface area contributed by atoms with Gasteiger partial charge in [0.05, 0.1) is 23.2 Å². The standard InChI is InChI=1S/C18H13FN6O/c19-14-5-11(14)18(26)25-16-4-10-3-15(24-17(21)13(10)8-23-16)12-7-22-2-1-9(12)6-20/h1-4,7-8,11,14H,5H2,(H2,21,24)(H,23,25,26)/t11-,14+/m1/s1. The minimum atomic E-state index is -1.07. The molecule has 0 spiro atoms. The summed E-state index contributed by atoms with van der Waals surface area (Å²) in [5.74, 6) is -0.420. The van der Waals surface area contributed by atoms with E-state index in [0.29, 0.717) is 33.4 Å². The first-order chi connectivity index (χ1) is 12.6. The second-order valence-corrected chi connectivity index (χ2v) is 6.06. The lowest BCUT2D eigenvalue weighted by Crippen LogP contribution is -2.15. The smallest absolute Gasteiger partial charge is 0.231 e. The summed E-state index contributed by atoms with van der Waals surface area (Å²) >= 11 is 0. The Balaban J connectivity index is 1.75. The van der Waals surface area contributed by atoms with E-state index < -0.39 is 12.1 Å². The van der Waals surface area contributed by atoms with Crippen molar-refractivity contribution < 1.29 is 9.18 Å². The van der Waals surface area contributed by atoms with E-state index >= 15 is 0 Å². The van der Waals surface area contributed by atoms with E-state index in [-0.39, 0.29) is 18.1 Å². The lowest BCUT2D eigenvalue weighted by atomic mass is 10.1. The SMILES string of the molecule is N#Cc1ccncc1-c1cc2cc(NC(=O)[C@@H]3C[C@@H]3F)ncc2c(N)n1. The van der Waals surface area contributed by atoms with Crippen LogP contribution in [0.5, 0.6) is 0 Å². The van der Waals surface area contributed by atoms with E-state index in [1.807, 2.05) is 0 Å². The summed E-state index contributed by atoms with van der Waals surface area (Å²) in [5, 5.41) is 13.2. The first kappa shape index (κ1) is 15.9. The van der Waals surface area contributed by atoms with Gasteiger partial charge in [-0.2, -0.15) is 5.26 Å². The number of nitrogens with two attached hydrogens (primary N) is 1. The Morgan fingerprint density at radius 2 is 2.19 bits per heavy atom. The first-order valence-corrected chi connectivity index (χ1v) is 7.92. The average Bonchev–Trinajstić information content (AvgIpc) is 3.38. The number of nitrogen functional groups attached to an aromatic ring is 1. The van der Waals surface area contributed by atoms with Gasteiger partial charge in [-0.3, -0.25) is 9.78 Å². The Kier molecular flexibility index (Phi) is 3.69. The van der Waals surface area contributed by atoms with Crippen molar-refractivity contribution in [2.24, 2.45) is 5.92 Å². The maximum atomic E-state index is 13.0. The number of carbonyl (C=O) groups excluding carboxylic acids is 1. The van der Waals surface area contributed by atoms with E-state index in [2.05, 4.69) is 26.3 Å². The van der Waals surface area contributed by atoms with Crippen LogP contribution in [0.3, 0.4) is 0 Å². The number of nitriles is 1. The molecular weight excluding hydrogens is 335 g/mol. The molecule has 4 rings (SSSR count). The van der Waals surface area contributed by atoms with Gasteiger partial charge in [0.25, 0.3) is 0 Å². The molecule has 2 atom stereocenters. The zero-order chi connectivity index (χ0) is 18.3. The molecule has 3 aromatic heterocycles. The summed E-state index contributed by atoms with van der Waals surface area (Å²) in [7, 11) is 0. The molecule has 0 saturated heterocycles. The molecule has 0 aliphatic heterocycles. The van der Waals surface area contributed by atoms with Gasteiger partial charge in [-0.05, 0) is 30.0 Å². The number of rotatable bonds is 3. The minimum absolute atomic E-state index is 0.248. The van der Waals surface area contributed by atoms with Crippen LogP contribution in [0.15, 0.2) is 36.8 Å². The van der Waals surface area contributed by atoms with Crippen LogP contribution in [0, 0.1) is 17.2 Å². The van der Waals surface area contributed by atoms with Crippen LogP contribution >= 0.6 is 0 Å². The summed E-state index contributed by atoms with van der Waals surface area (Å²) in [6.07, 6.45) is 3.76. The van der Waals surface area contributed by atoms with Gasteiger partial charge in [-0.1, -0.05) is 0 Å². The molecule has 128 valence electrons. The van der Waals surface area contributed by atoms with Gasteiger partial charge in [-0.25, -0.2) is 14.4 Å². The number of nitrogens with zero attached hydrogens (tertiary/aromatic N) is 4. The molecular formula is C18H13FN6O. The predicted molar refractivity (Wildman–Crippen MR) is 93.5 cm³/mol. The van der Waals surface area contributed by atoms with Gasteiger partial charge < -0.3 is 11.1 Å². The van der Waals surface area contributed by atoms with Gasteiger partial charge in [0.2, 0.25) is 5.91 Å². The van der Waals surface area contributed by atoms with Gasteiger partial charge in [0, 0.05) is 29.5 Å². The number of amides is 1. The van der Waals surface area contributed by atoms with Crippen molar-refractivity contribution in [2.75, 3.05) is 11.1 Å². The highest BCUT2D eigenvalue weighted by Gasteiger charge is 2.43. The molecule has 26 heavy (non-hydrogen) atoms. The number of alkyl halides is 1. The number of anilines is 2. The number of halogens is 1. The van der Waals surface area contributed by atoms with Crippen LogP contribution < -0.4 is 11.1 Å². The van der Waals surface area contributed by atoms with E-state index in [0.717, 1.165) is 0 Å². The monoisotopic (exact) mass is 348 g/mol. The van der Waals surface area contributed by atoms with Crippen LogP contribution in [0.25, 0.3) is 22.0 Å². The molecule has 0 unspecified atom stereocenters. The third kappa shape index (κ3) is 2.80. The lowest BCUT2D eigenvalue weighted by molar-refractivity contribution is -0.117. The molecule has 0 aromatic carbocycles. The Labute approximate surface area is 147 Å². The molecule has 0 radical (unpaired) electrons. The summed E-state index contributed by atoms with van der Waals surface area (Å²) in [6, 6.07) is 7.08. The van der Waals surface area contributed by atoms with Crippen molar-refractivity contribution >= 4 is 28.3 Å². The molecule has 3 heterocycles. The normalized spacial score (nSPS) is 18.3. The Morgan fingerprint density at radius 1 is 1.38 bits per heavy atom. The summed E-state index contributed by atoms with van der Waals surface area (Å²) < 4.78 is 13.0. The second-order valence-electron chi connectivity index (χ2n) is 6.06. The number of pyridine rings is 3. The maximum absolute atomic E-state index is 13.0. The van der Waals surface area contributed by atoms with Gasteiger partial charge in [-0.15, -0.1) is 0 Å². The van der Waals surface area contributed by atoms with E-state index in [9.17, 15) is 14.4 Å². The number of carbonyl (C=O) groups is 1. The van der Waals surface area contributed by atoms with Crippen molar-refractivity contribution in [1.82, 2.24) is 15.0 Å². The van der Waals surface area contributed by atoms with Crippen LogP contribution in [0.4, 0.5) is 16.0 Å². The van der Waals surface area contributed by atoms with Crippen LogP contribution in [-0.2, 0) is 4.79 Å². The summed E-state index contributed by atoms with van der Waals surface area (Å²) in [4.78, 5) is 24.4. The van der Waals surface area contributed by atoms with Gasteiger partial charge in [0.15, 0.2) is 0 Å². The number of fused-ring (bicyclic) bond motifs is 1. The molecule has 8 heteroatoms. The number of hydrogen-bond donors (Lipinski definition) is 2. The average molecular weight is 348 g/mol. The van der Waals surface area contributed by atoms with E-state index in [1.54, 1.807) is 24.4 Å². The highest BCUT2D eigenvalue weighted by molar-refractivity contribution is 5.98. The van der Waals surface area contributed by atoms with E-state index in [1.165, 1.54) is 12.4 Å². The Morgan fingerprint density at radius 3 is 2.92 bits per heavy atom. The molecule has 3 aromatic rings. The quantitative estimate of drug-likeness (QED) is 0.750. The molecule has 1 fully saturated rings. The van der Waals surface area contributed by atoms with Crippen molar-refractivity contribution in [3.8, 4) is 17.3 Å². The zero-order valence-corrected chi connectivity index (χ0v) is 13.5. The highest BCUT2D eigenvalue weighted by Crippen LogP contribution is 2.35. The van der Waals surface area contributed by atoms with Crippen LogP contribution in [-0.4, -0.2) is 27.0 Å². The molecule has 0 bridgehead atoms. The van der Waals surface area contributed by atoms with Crippen LogP contribution in [0.2, 0.25) is 0 Å². The molecule has 7 nitrogen and oxygen atoms in total. The van der Waals surface area contributed by atoms with Crippen molar-refractivity contribution in [3.05, 3.63) is 42.4 Å². The predicted octanol–water partition coefficient (Wildman–Crippen LogP) is 2.44. The van der Waals surface area contributed by atoms with Crippen LogP contribution in [0.1, 0.15) is 12.0 Å². The van der Waals surface area contributed by atoms with Crippen molar-refractivity contribution in [1.29, 1.82) is 5.26 Å². The highest BCUT2D eigenvalue weighted by atomic mass is 19.1. The fraction of sp³-hybridized carbons (Fsp3) is 0.167. The molecule has 3 N–H and O–H groups in total. The third-order valence-corrected chi connectivity index (χ3v) is 4.26. The second kappa shape index (κ2) is 6.04. The third-order valence-electron chi connectivity index (χ3n) is 4.26. The Hall–Kier alpha value is -3.60. The molecule has 1 aliphatic rings. The lowest BCUT2D eigenvalue weighted by Gasteiger charge is -2.09. The molecule has 1 amide bonds. The van der Waals surface area contributed by atoms with Gasteiger partial charge in [0.1, 0.15) is 17.8 Å². The largest absolute Gasteiger partial charge is 0.383 e. The fourth-order valence-corrected chi connectivity index (χ4v) is 2.73. The number of hydrogen-bond acceptors (Lipinski definition) is 6. The topological polar surface area (TPSA) is 118 Å².